The number of hydrogen-bond donors (Lipinski definition) is 1. The zero-order valence-corrected chi connectivity index (χ0v) is 11.7. The second-order valence-electron chi connectivity index (χ2n) is 6.13. The monoisotopic (exact) mass is 288 g/mol. The Balaban J connectivity index is 1.58. The van der Waals surface area contributed by atoms with Gasteiger partial charge < -0.3 is 20.2 Å². The van der Waals surface area contributed by atoms with Gasteiger partial charge in [-0.15, -0.1) is 0 Å². The van der Waals surface area contributed by atoms with Crippen molar-refractivity contribution < 1.29 is 9.66 Å². The van der Waals surface area contributed by atoms with E-state index in [0.29, 0.717) is 16.6 Å². The summed E-state index contributed by atoms with van der Waals surface area (Å²) in [7, 11) is 1.70. The molecule has 0 atom stereocenters. The average Bonchev–Trinajstić information content (AvgIpc) is 2.68. The molecule has 1 N–H and O–H groups in total. The van der Waals surface area contributed by atoms with Crippen LogP contribution in [0.5, 0.6) is 5.75 Å². The molecule has 0 radical (unpaired) electrons. The highest BCUT2D eigenvalue weighted by Crippen LogP contribution is 2.46. The van der Waals surface area contributed by atoms with Crippen molar-refractivity contribution in [2.24, 2.45) is 12.5 Å². The summed E-state index contributed by atoms with van der Waals surface area (Å²) >= 11 is 0. The number of fused-ring (bicyclic) bond motifs is 1. The van der Waals surface area contributed by atoms with Crippen molar-refractivity contribution in [1.82, 2.24) is 15.1 Å². The van der Waals surface area contributed by atoms with E-state index in [0.717, 1.165) is 31.4 Å². The molecule has 2 aliphatic rings. The molecule has 4 rings (SSSR count). The second-order valence-corrected chi connectivity index (χ2v) is 6.13. The van der Waals surface area contributed by atoms with E-state index in [9.17, 15) is 10.1 Å². The van der Waals surface area contributed by atoms with E-state index in [1.54, 1.807) is 13.1 Å². The zero-order valence-electron chi connectivity index (χ0n) is 11.7. The van der Waals surface area contributed by atoms with Crippen molar-refractivity contribution in [3.8, 4) is 5.75 Å². The molecular formula is C14H16N4O3. The fraction of sp³-hybridized carbons (Fsp3) is 0.500. The number of benzene rings is 1. The van der Waals surface area contributed by atoms with Gasteiger partial charge in [0.25, 0.3) is 0 Å². The number of nitrogens with one attached hydrogen (secondary N) is 1. The third-order valence-electron chi connectivity index (χ3n) is 4.60. The highest BCUT2D eigenvalue weighted by atomic mass is 16.6. The number of hydrogen-bond acceptors (Lipinski definition) is 5. The number of nitrogens with zero attached hydrogens (tertiary/aromatic N) is 3. The van der Waals surface area contributed by atoms with Gasteiger partial charge in [-0.3, -0.25) is 0 Å². The number of aryl methyl sites for hydroxylation is 1. The summed E-state index contributed by atoms with van der Waals surface area (Å²) < 4.78 is 7.47. The Hall–Kier alpha value is -2.15. The first kappa shape index (κ1) is 12.6. The molecule has 1 aliphatic heterocycles. The molecule has 21 heavy (non-hydrogen) atoms. The van der Waals surface area contributed by atoms with Gasteiger partial charge in [-0.2, -0.15) is 4.68 Å². The summed E-state index contributed by atoms with van der Waals surface area (Å²) in [5.41, 5.74) is 1.19. The number of ether oxygens (including phenoxy) is 1. The second kappa shape index (κ2) is 4.17. The van der Waals surface area contributed by atoms with E-state index in [1.807, 2.05) is 12.1 Å². The van der Waals surface area contributed by atoms with Crippen LogP contribution in [0.15, 0.2) is 18.2 Å². The zero-order chi connectivity index (χ0) is 14.6. The molecule has 2 heterocycles. The van der Waals surface area contributed by atoms with Crippen LogP contribution in [0.25, 0.3) is 10.9 Å². The van der Waals surface area contributed by atoms with Crippen LogP contribution in [0, 0.1) is 15.5 Å². The Bertz CT molecular complexity index is 727. The molecule has 1 aromatic heterocycles. The Morgan fingerprint density at radius 1 is 1.48 bits per heavy atom. The molecular weight excluding hydrogens is 272 g/mol. The van der Waals surface area contributed by atoms with Crippen molar-refractivity contribution in [1.29, 1.82) is 0 Å². The molecule has 2 fully saturated rings. The molecule has 0 bridgehead atoms. The van der Waals surface area contributed by atoms with Crippen molar-refractivity contribution in [2.75, 3.05) is 13.1 Å². The maximum absolute atomic E-state index is 11.0. The van der Waals surface area contributed by atoms with E-state index >= 15 is 0 Å². The van der Waals surface area contributed by atoms with Crippen LogP contribution >= 0.6 is 0 Å². The SMILES string of the molecule is Cn1nc([N+](=O)[O-])c2cc(OC3CC4(CNC4)C3)ccc21. The van der Waals surface area contributed by atoms with E-state index < -0.39 is 4.92 Å². The smallest absolute Gasteiger partial charge is 0.397 e. The molecule has 1 aliphatic carbocycles. The predicted molar refractivity (Wildman–Crippen MR) is 76.3 cm³/mol. The molecule has 1 saturated carbocycles. The van der Waals surface area contributed by atoms with Crippen molar-refractivity contribution in [3.63, 3.8) is 0 Å². The maximum Gasteiger partial charge on any atom is 0.397 e. The van der Waals surface area contributed by atoms with Gasteiger partial charge in [0.1, 0.15) is 11.1 Å². The van der Waals surface area contributed by atoms with Gasteiger partial charge in [0.15, 0.2) is 0 Å². The molecule has 1 aromatic carbocycles. The summed E-state index contributed by atoms with van der Waals surface area (Å²) in [6, 6.07) is 5.41. The minimum Gasteiger partial charge on any atom is -0.490 e. The van der Waals surface area contributed by atoms with Crippen molar-refractivity contribution in [2.45, 2.75) is 18.9 Å². The van der Waals surface area contributed by atoms with Gasteiger partial charge in [0.2, 0.25) is 0 Å². The van der Waals surface area contributed by atoms with Crippen molar-refractivity contribution >= 4 is 16.7 Å². The van der Waals surface area contributed by atoms with E-state index in [-0.39, 0.29) is 11.9 Å². The Morgan fingerprint density at radius 3 is 2.86 bits per heavy atom. The van der Waals surface area contributed by atoms with Crippen LogP contribution < -0.4 is 10.1 Å². The Kier molecular flexibility index (Phi) is 2.50. The van der Waals surface area contributed by atoms with Gasteiger partial charge >= 0.3 is 5.82 Å². The fourth-order valence-corrected chi connectivity index (χ4v) is 3.38. The first-order valence-corrected chi connectivity index (χ1v) is 7.05. The van der Waals surface area contributed by atoms with Crippen LogP contribution in [0.3, 0.4) is 0 Å². The lowest BCUT2D eigenvalue weighted by molar-refractivity contribution is -0.388. The van der Waals surface area contributed by atoms with Gasteiger partial charge in [-0.25, -0.2) is 0 Å². The highest BCUT2D eigenvalue weighted by molar-refractivity contribution is 5.88. The first-order chi connectivity index (χ1) is 10.1. The van der Waals surface area contributed by atoms with Crippen LogP contribution in [0.4, 0.5) is 5.82 Å². The maximum atomic E-state index is 11.0. The quantitative estimate of drug-likeness (QED) is 0.685. The number of rotatable bonds is 3. The van der Waals surface area contributed by atoms with Crippen LogP contribution in [0.1, 0.15) is 12.8 Å². The molecule has 1 saturated heterocycles. The van der Waals surface area contributed by atoms with Gasteiger partial charge in [-0.1, -0.05) is 0 Å². The van der Waals surface area contributed by atoms with Crippen molar-refractivity contribution in [3.05, 3.63) is 28.3 Å². The summed E-state index contributed by atoms with van der Waals surface area (Å²) in [5, 5.41) is 18.8. The topological polar surface area (TPSA) is 82.2 Å². The number of aromatic nitrogens is 2. The average molecular weight is 288 g/mol. The summed E-state index contributed by atoms with van der Waals surface area (Å²) in [4.78, 5) is 10.6. The Labute approximate surface area is 121 Å². The van der Waals surface area contributed by atoms with Crippen LogP contribution in [-0.2, 0) is 7.05 Å². The lowest BCUT2D eigenvalue weighted by Crippen LogP contribution is -2.62. The first-order valence-electron chi connectivity index (χ1n) is 7.05. The van der Waals surface area contributed by atoms with Gasteiger partial charge in [0, 0.05) is 18.5 Å². The summed E-state index contributed by atoms with van der Waals surface area (Å²) in [6.45, 7) is 2.17. The minimum atomic E-state index is -0.454. The largest absolute Gasteiger partial charge is 0.490 e. The molecule has 110 valence electrons. The predicted octanol–water partition coefficient (Wildman–Crippen LogP) is 1.61. The van der Waals surface area contributed by atoms with E-state index in [1.165, 1.54) is 4.68 Å². The minimum absolute atomic E-state index is 0.119. The Morgan fingerprint density at radius 2 is 2.24 bits per heavy atom. The lowest BCUT2D eigenvalue weighted by Gasteiger charge is -2.53. The van der Waals surface area contributed by atoms with Gasteiger partial charge in [0.05, 0.1) is 23.8 Å². The summed E-state index contributed by atoms with van der Waals surface area (Å²) in [5.74, 6) is 0.567. The highest BCUT2D eigenvalue weighted by Gasteiger charge is 2.49. The molecule has 0 amide bonds. The third-order valence-corrected chi connectivity index (χ3v) is 4.60. The molecule has 2 aromatic rings. The molecule has 1 spiro atoms. The standard InChI is InChI=1S/C14H16N4O3/c1-17-12-3-2-9(4-11(12)13(16-17)18(19)20)21-10-5-14(6-10)7-15-8-14/h2-4,10,15H,5-8H2,1H3. The van der Waals surface area contributed by atoms with Crippen LogP contribution in [0.2, 0.25) is 0 Å². The summed E-state index contributed by atoms with van der Waals surface area (Å²) in [6.07, 6.45) is 2.35. The molecule has 0 unspecified atom stereocenters. The van der Waals surface area contributed by atoms with Gasteiger partial charge in [-0.05, 0) is 36.0 Å². The van der Waals surface area contributed by atoms with Crippen LogP contribution in [-0.4, -0.2) is 33.9 Å². The lowest BCUT2D eigenvalue weighted by atomic mass is 9.63. The fourth-order valence-electron chi connectivity index (χ4n) is 3.38. The van der Waals surface area contributed by atoms with E-state index in [2.05, 4.69) is 10.4 Å². The molecule has 7 nitrogen and oxygen atoms in total. The molecule has 7 heteroatoms. The van der Waals surface area contributed by atoms with E-state index in [4.69, 9.17) is 4.74 Å². The third kappa shape index (κ3) is 1.88. The number of nitro groups is 1. The normalized spacial score (nSPS) is 20.2.